The Kier molecular flexibility index (Phi) is 3.97. The van der Waals surface area contributed by atoms with Crippen LogP contribution in [0.5, 0.6) is 5.75 Å². The van der Waals surface area contributed by atoms with Gasteiger partial charge in [0.25, 0.3) is 0 Å². The normalized spacial score (nSPS) is 14.0. The summed E-state index contributed by atoms with van der Waals surface area (Å²) in [6.07, 6.45) is 2.29. The summed E-state index contributed by atoms with van der Waals surface area (Å²) in [5, 5.41) is 3.85. The Morgan fingerprint density at radius 2 is 2.05 bits per heavy atom. The van der Waals surface area contributed by atoms with Crippen LogP contribution in [-0.2, 0) is 0 Å². The Hall–Kier alpha value is -1.81. The van der Waals surface area contributed by atoms with Crippen molar-refractivity contribution < 1.29 is 4.74 Å². The summed E-state index contributed by atoms with van der Waals surface area (Å²) >= 11 is 6.24. The number of hydrogen-bond donors (Lipinski definition) is 1. The third-order valence-corrected chi connectivity index (χ3v) is 3.85. The number of para-hydroxylation sites is 2. The van der Waals surface area contributed by atoms with Crippen molar-refractivity contribution in [3.05, 3.63) is 40.8 Å². The minimum Gasteiger partial charge on any atom is -0.492 e. The van der Waals surface area contributed by atoms with E-state index in [1.54, 1.807) is 0 Å². The third kappa shape index (κ3) is 3.10. The molecule has 1 aromatic heterocycles. The predicted molar refractivity (Wildman–Crippen MR) is 84.6 cm³/mol. The van der Waals surface area contributed by atoms with E-state index in [2.05, 4.69) is 15.3 Å². The van der Waals surface area contributed by atoms with Crippen LogP contribution >= 0.6 is 11.6 Å². The zero-order valence-electron chi connectivity index (χ0n) is 12.2. The molecule has 2 aromatic rings. The highest BCUT2D eigenvalue weighted by atomic mass is 35.5. The molecule has 0 aliphatic heterocycles. The Bertz CT molecular complexity index is 656. The first kappa shape index (κ1) is 14.1. The van der Waals surface area contributed by atoms with Gasteiger partial charge in [-0.05, 0) is 38.8 Å². The molecule has 0 amide bonds. The van der Waals surface area contributed by atoms with E-state index in [1.807, 2.05) is 38.1 Å². The van der Waals surface area contributed by atoms with Crippen LogP contribution in [0.25, 0.3) is 0 Å². The van der Waals surface area contributed by atoms with Crippen LogP contribution in [0.4, 0.5) is 11.5 Å². The molecule has 110 valence electrons. The van der Waals surface area contributed by atoms with Gasteiger partial charge in [0, 0.05) is 11.5 Å². The van der Waals surface area contributed by atoms with Crippen LogP contribution in [0.2, 0.25) is 5.15 Å². The van der Waals surface area contributed by atoms with Gasteiger partial charge in [-0.15, -0.1) is 0 Å². The molecule has 1 N–H and O–H groups in total. The minimum absolute atomic E-state index is 0.464. The lowest BCUT2D eigenvalue weighted by Crippen LogP contribution is -2.04. The second-order valence-corrected chi connectivity index (χ2v) is 5.53. The van der Waals surface area contributed by atoms with Crippen molar-refractivity contribution in [2.24, 2.45) is 0 Å². The fraction of sp³-hybridized carbons (Fsp3) is 0.375. The summed E-state index contributed by atoms with van der Waals surface area (Å²) in [7, 11) is 0. The van der Waals surface area contributed by atoms with Crippen molar-refractivity contribution in [1.29, 1.82) is 0 Å². The molecule has 1 aromatic carbocycles. The Labute approximate surface area is 129 Å². The molecule has 5 heteroatoms. The van der Waals surface area contributed by atoms with Gasteiger partial charge in [-0.3, -0.25) is 0 Å². The fourth-order valence-corrected chi connectivity index (χ4v) is 2.31. The summed E-state index contributed by atoms with van der Waals surface area (Å²) < 4.78 is 5.63. The summed E-state index contributed by atoms with van der Waals surface area (Å²) in [6.45, 7) is 4.51. The number of nitrogens with zero attached hydrogens (tertiary/aromatic N) is 2. The van der Waals surface area contributed by atoms with Gasteiger partial charge >= 0.3 is 0 Å². The first-order valence-electron chi connectivity index (χ1n) is 7.22. The van der Waals surface area contributed by atoms with Crippen molar-refractivity contribution in [2.45, 2.75) is 32.6 Å². The molecule has 0 saturated heterocycles. The van der Waals surface area contributed by atoms with Gasteiger partial charge in [0.15, 0.2) is 0 Å². The Morgan fingerprint density at radius 1 is 1.29 bits per heavy atom. The number of anilines is 2. The van der Waals surface area contributed by atoms with Gasteiger partial charge < -0.3 is 10.1 Å². The number of nitrogens with one attached hydrogen (secondary N) is 1. The van der Waals surface area contributed by atoms with Crippen molar-refractivity contribution in [2.75, 3.05) is 11.9 Å². The number of rotatable bonds is 5. The number of benzene rings is 1. The molecular weight excluding hydrogens is 286 g/mol. The molecule has 1 aliphatic carbocycles. The van der Waals surface area contributed by atoms with E-state index in [0.29, 0.717) is 17.7 Å². The van der Waals surface area contributed by atoms with E-state index in [4.69, 9.17) is 16.3 Å². The molecule has 0 bridgehead atoms. The monoisotopic (exact) mass is 303 g/mol. The summed E-state index contributed by atoms with van der Waals surface area (Å²) in [5.41, 5.74) is 1.74. The van der Waals surface area contributed by atoms with Gasteiger partial charge in [0.2, 0.25) is 0 Å². The van der Waals surface area contributed by atoms with Crippen molar-refractivity contribution in [3.8, 4) is 5.75 Å². The van der Waals surface area contributed by atoms with Crippen molar-refractivity contribution in [3.63, 3.8) is 0 Å². The number of hydrogen-bond acceptors (Lipinski definition) is 4. The van der Waals surface area contributed by atoms with Crippen molar-refractivity contribution in [1.82, 2.24) is 9.97 Å². The van der Waals surface area contributed by atoms with E-state index in [1.165, 1.54) is 0 Å². The van der Waals surface area contributed by atoms with E-state index in [0.717, 1.165) is 41.5 Å². The molecule has 0 spiro atoms. The summed E-state index contributed by atoms with van der Waals surface area (Å²) in [4.78, 5) is 9.01. The maximum atomic E-state index is 6.24. The second kappa shape index (κ2) is 5.90. The minimum atomic E-state index is 0.464. The molecule has 21 heavy (non-hydrogen) atoms. The van der Waals surface area contributed by atoms with Gasteiger partial charge in [-0.25, -0.2) is 9.97 Å². The van der Waals surface area contributed by atoms with E-state index >= 15 is 0 Å². The van der Waals surface area contributed by atoms with Crippen LogP contribution in [-0.4, -0.2) is 16.6 Å². The summed E-state index contributed by atoms with van der Waals surface area (Å²) in [5.74, 6) is 2.86. The highest BCUT2D eigenvalue weighted by Gasteiger charge is 2.28. The maximum Gasteiger partial charge on any atom is 0.142 e. The Morgan fingerprint density at radius 3 is 2.76 bits per heavy atom. The molecule has 1 fully saturated rings. The molecule has 3 rings (SSSR count). The molecular formula is C16H18ClN3O. The molecule has 0 radical (unpaired) electrons. The fourth-order valence-electron chi connectivity index (χ4n) is 2.13. The highest BCUT2D eigenvalue weighted by Crippen LogP contribution is 2.40. The van der Waals surface area contributed by atoms with Crippen LogP contribution in [0, 0.1) is 6.92 Å². The molecule has 4 nitrogen and oxygen atoms in total. The highest BCUT2D eigenvalue weighted by molar-refractivity contribution is 6.30. The van der Waals surface area contributed by atoms with E-state index in [9.17, 15) is 0 Å². The lowest BCUT2D eigenvalue weighted by Gasteiger charge is -2.14. The maximum absolute atomic E-state index is 6.24. The van der Waals surface area contributed by atoms with Gasteiger partial charge in [0.1, 0.15) is 22.5 Å². The largest absolute Gasteiger partial charge is 0.492 e. The molecule has 1 heterocycles. The topological polar surface area (TPSA) is 47.0 Å². The smallest absolute Gasteiger partial charge is 0.142 e. The van der Waals surface area contributed by atoms with Gasteiger partial charge in [-0.1, -0.05) is 23.7 Å². The quantitative estimate of drug-likeness (QED) is 0.829. The molecule has 1 saturated carbocycles. The standard InChI is InChI=1S/C16H18ClN3O/c1-3-21-13-7-5-4-6-12(13)18-15-10(2)14(17)19-16(20-15)11-8-9-11/h4-7,11H,3,8-9H2,1-2H3,(H,18,19,20). The van der Waals surface area contributed by atoms with Gasteiger partial charge in [-0.2, -0.15) is 0 Å². The molecule has 0 unspecified atom stereocenters. The van der Waals surface area contributed by atoms with Crippen LogP contribution in [0.1, 0.15) is 37.1 Å². The van der Waals surface area contributed by atoms with E-state index < -0.39 is 0 Å². The zero-order valence-corrected chi connectivity index (χ0v) is 12.9. The van der Waals surface area contributed by atoms with E-state index in [-0.39, 0.29) is 0 Å². The van der Waals surface area contributed by atoms with Crippen molar-refractivity contribution >= 4 is 23.1 Å². The van der Waals surface area contributed by atoms with Crippen LogP contribution < -0.4 is 10.1 Å². The number of halogens is 1. The van der Waals surface area contributed by atoms with Crippen LogP contribution in [0.15, 0.2) is 24.3 Å². The number of ether oxygens (including phenoxy) is 1. The SMILES string of the molecule is CCOc1ccccc1Nc1nc(C2CC2)nc(Cl)c1C. The van der Waals surface area contributed by atoms with Gasteiger partial charge in [0.05, 0.1) is 12.3 Å². The zero-order chi connectivity index (χ0) is 14.8. The second-order valence-electron chi connectivity index (χ2n) is 5.17. The lowest BCUT2D eigenvalue weighted by atomic mass is 10.2. The lowest BCUT2D eigenvalue weighted by molar-refractivity contribution is 0.342. The average molecular weight is 304 g/mol. The average Bonchev–Trinajstić information content (AvgIpc) is 3.30. The molecule has 0 atom stereocenters. The first-order chi connectivity index (χ1) is 10.2. The van der Waals surface area contributed by atoms with Crippen LogP contribution in [0.3, 0.4) is 0 Å². The first-order valence-corrected chi connectivity index (χ1v) is 7.59. The Balaban J connectivity index is 1.94. The molecule has 1 aliphatic rings. The summed E-state index contributed by atoms with van der Waals surface area (Å²) in [6, 6.07) is 7.82. The number of aromatic nitrogens is 2. The predicted octanol–water partition coefficient (Wildman–Crippen LogP) is 4.46. The third-order valence-electron chi connectivity index (χ3n) is 3.49.